The first-order valence-electron chi connectivity index (χ1n) is 12.0. The van der Waals surface area contributed by atoms with Crippen molar-refractivity contribution in [1.29, 1.82) is 0 Å². The lowest BCUT2D eigenvalue weighted by atomic mass is 9.91. The highest BCUT2D eigenvalue weighted by molar-refractivity contribution is 5.84. The van der Waals surface area contributed by atoms with E-state index in [9.17, 15) is 0 Å². The van der Waals surface area contributed by atoms with Crippen molar-refractivity contribution >= 4 is 10.9 Å². The number of fused-ring (bicyclic) bond motifs is 1. The molecule has 0 aliphatic carbocycles. The molecule has 0 aliphatic heterocycles. The quantitative estimate of drug-likeness (QED) is 0.263. The lowest BCUT2D eigenvalue weighted by molar-refractivity contribution is 0.292. The molecule has 0 aliphatic rings. The zero-order valence-electron chi connectivity index (χ0n) is 20.6. The Morgan fingerprint density at radius 3 is 2.36 bits per heavy atom. The predicted octanol–water partition coefficient (Wildman–Crippen LogP) is 6.96. The Kier molecular flexibility index (Phi) is 9.23. The van der Waals surface area contributed by atoms with Crippen LogP contribution in [0.15, 0.2) is 42.5 Å². The molecule has 1 heterocycles. The fourth-order valence-electron chi connectivity index (χ4n) is 4.23. The maximum absolute atomic E-state index is 6.30. The number of hydrogen-bond acceptors (Lipinski definition) is 5. The van der Waals surface area contributed by atoms with Crippen molar-refractivity contribution in [2.75, 3.05) is 27.9 Å². The minimum atomic E-state index is 0.295. The molecule has 0 saturated heterocycles. The highest BCUT2D eigenvalue weighted by atomic mass is 16.5. The third kappa shape index (κ3) is 6.31. The van der Waals surface area contributed by atoms with Gasteiger partial charge in [0.15, 0.2) is 0 Å². The first kappa shape index (κ1) is 24.7. The van der Waals surface area contributed by atoms with Gasteiger partial charge in [0.25, 0.3) is 0 Å². The lowest BCUT2D eigenvalue weighted by Crippen LogP contribution is -2.08. The molecule has 1 aromatic heterocycles. The van der Waals surface area contributed by atoms with Gasteiger partial charge in [-0.15, -0.1) is 0 Å². The van der Waals surface area contributed by atoms with Gasteiger partial charge in [-0.1, -0.05) is 26.7 Å². The molecule has 0 N–H and O–H groups in total. The summed E-state index contributed by atoms with van der Waals surface area (Å²) in [6.07, 6.45) is 6.44. The van der Waals surface area contributed by atoms with E-state index >= 15 is 0 Å². The molecule has 1 unspecified atom stereocenters. The largest absolute Gasteiger partial charge is 0.497 e. The standard InChI is InChI=1S/C28H37NO4/c1-6-8-9-10-21-17-23(30-3)12-13-26(21)33-16-15-20(7-2)25-19-24(31-4)18-22-11-14-27(32-5)29-28(22)25/h11-14,17-20H,6-10,15-16H2,1-5H3. The Morgan fingerprint density at radius 1 is 0.848 bits per heavy atom. The van der Waals surface area contributed by atoms with E-state index in [1.54, 1.807) is 21.3 Å². The first-order valence-corrected chi connectivity index (χ1v) is 12.0. The summed E-state index contributed by atoms with van der Waals surface area (Å²) in [7, 11) is 5.06. The van der Waals surface area contributed by atoms with Crippen LogP contribution in [0, 0.1) is 0 Å². The molecule has 0 bridgehead atoms. The molecule has 5 heteroatoms. The minimum Gasteiger partial charge on any atom is -0.497 e. The molecule has 3 rings (SSSR count). The van der Waals surface area contributed by atoms with Crippen LogP contribution in [0.4, 0.5) is 0 Å². The summed E-state index contributed by atoms with van der Waals surface area (Å²) in [4.78, 5) is 4.75. The average Bonchev–Trinajstić information content (AvgIpc) is 2.86. The van der Waals surface area contributed by atoms with Crippen molar-refractivity contribution < 1.29 is 18.9 Å². The number of methoxy groups -OCH3 is 3. The van der Waals surface area contributed by atoms with Gasteiger partial charge in [0, 0.05) is 11.5 Å². The van der Waals surface area contributed by atoms with Crippen LogP contribution in [-0.4, -0.2) is 32.9 Å². The Hall–Kier alpha value is -2.95. The van der Waals surface area contributed by atoms with E-state index in [0.29, 0.717) is 18.4 Å². The molecule has 2 aromatic carbocycles. The number of unbranched alkanes of at least 4 members (excludes halogenated alkanes) is 2. The maximum Gasteiger partial charge on any atom is 0.213 e. The van der Waals surface area contributed by atoms with Crippen molar-refractivity contribution in [3.05, 3.63) is 53.6 Å². The van der Waals surface area contributed by atoms with Crippen molar-refractivity contribution in [3.63, 3.8) is 0 Å². The van der Waals surface area contributed by atoms with E-state index < -0.39 is 0 Å². The number of hydrogen-bond donors (Lipinski definition) is 0. The summed E-state index contributed by atoms with van der Waals surface area (Å²) in [6, 6.07) is 14.2. The van der Waals surface area contributed by atoms with E-state index in [2.05, 4.69) is 26.0 Å². The lowest BCUT2D eigenvalue weighted by Gasteiger charge is -2.20. The van der Waals surface area contributed by atoms with Gasteiger partial charge in [0.1, 0.15) is 17.2 Å². The second-order valence-electron chi connectivity index (χ2n) is 8.32. The number of benzene rings is 2. The van der Waals surface area contributed by atoms with Crippen molar-refractivity contribution in [3.8, 4) is 23.1 Å². The maximum atomic E-state index is 6.30. The summed E-state index contributed by atoms with van der Waals surface area (Å²) in [5, 5.41) is 1.05. The molecular formula is C28H37NO4. The van der Waals surface area contributed by atoms with Gasteiger partial charge in [-0.25, -0.2) is 4.98 Å². The third-order valence-electron chi connectivity index (χ3n) is 6.19. The highest BCUT2D eigenvalue weighted by Gasteiger charge is 2.17. The molecule has 0 saturated carbocycles. The van der Waals surface area contributed by atoms with Gasteiger partial charge < -0.3 is 18.9 Å². The van der Waals surface area contributed by atoms with Crippen molar-refractivity contribution in [1.82, 2.24) is 4.98 Å². The summed E-state index contributed by atoms with van der Waals surface area (Å²) in [5.74, 6) is 3.59. The van der Waals surface area contributed by atoms with Crippen LogP contribution in [0.3, 0.4) is 0 Å². The SMILES string of the molecule is CCCCCc1cc(OC)ccc1OCCC(CC)c1cc(OC)cc2ccc(OC)nc12. The van der Waals surface area contributed by atoms with Crippen LogP contribution >= 0.6 is 0 Å². The second-order valence-corrected chi connectivity index (χ2v) is 8.32. The molecule has 0 spiro atoms. The minimum absolute atomic E-state index is 0.295. The van der Waals surface area contributed by atoms with Crippen molar-refractivity contribution in [2.24, 2.45) is 0 Å². The predicted molar refractivity (Wildman–Crippen MR) is 134 cm³/mol. The van der Waals surface area contributed by atoms with Crippen LogP contribution in [0.2, 0.25) is 0 Å². The Labute approximate surface area is 198 Å². The molecule has 178 valence electrons. The van der Waals surface area contributed by atoms with Crippen molar-refractivity contribution in [2.45, 2.75) is 58.3 Å². The molecular weight excluding hydrogens is 414 g/mol. The summed E-state index contributed by atoms with van der Waals surface area (Å²) in [6.45, 7) is 5.06. The molecule has 0 amide bonds. The van der Waals surface area contributed by atoms with E-state index in [0.717, 1.165) is 53.8 Å². The van der Waals surface area contributed by atoms with Crippen LogP contribution in [0.5, 0.6) is 23.1 Å². The van der Waals surface area contributed by atoms with E-state index in [4.69, 9.17) is 23.9 Å². The molecule has 1 atom stereocenters. The second kappa shape index (κ2) is 12.3. The van der Waals surface area contributed by atoms with Crippen LogP contribution in [0.25, 0.3) is 10.9 Å². The number of rotatable bonds is 13. The summed E-state index contributed by atoms with van der Waals surface area (Å²) >= 11 is 0. The fraction of sp³-hybridized carbons (Fsp3) is 0.464. The number of ether oxygens (including phenoxy) is 4. The summed E-state index contributed by atoms with van der Waals surface area (Å²) < 4.78 is 22.7. The Morgan fingerprint density at radius 2 is 1.67 bits per heavy atom. The van der Waals surface area contributed by atoms with Gasteiger partial charge in [-0.3, -0.25) is 0 Å². The third-order valence-corrected chi connectivity index (χ3v) is 6.19. The molecule has 5 nitrogen and oxygen atoms in total. The van der Waals surface area contributed by atoms with E-state index in [1.807, 2.05) is 30.3 Å². The average molecular weight is 452 g/mol. The van der Waals surface area contributed by atoms with Crippen LogP contribution in [0.1, 0.15) is 63.0 Å². The first-order chi connectivity index (χ1) is 16.1. The highest BCUT2D eigenvalue weighted by Crippen LogP contribution is 2.34. The number of aryl methyl sites for hydroxylation is 1. The van der Waals surface area contributed by atoms with Gasteiger partial charge in [0.05, 0.1) is 33.5 Å². The van der Waals surface area contributed by atoms with E-state index in [1.165, 1.54) is 24.0 Å². The fourth-order valence-corrected chi connectivity index (χ4v) is 4.23. The normalized spacial score (nSPS) is 11.9. The Balaban J connectivity index is 1.79. The van der Waals surface area contributed by atoms with Gasteiger partial charge in [0.2, 0.25) is 5.88 Å². The molecule has 0 radical (unpaired) electrons. The van der Waals surface area contributed by atoms with Crippen LogP contribution < -0.4 is 18.9 Å². The number of nitrogens with zero attached hydrogens (tertiary/aromatic N) is 1. The molecule has 0 fully saturated rings. The zero-order chi connectivity index (χ0) is 23.6. The monoisotopic (exact) mass is 451 g/mol. The molecule has 33 heavy (non-hydrogen) atoms. The molecule has 3 aromatic rings. The number of pyridine rings is 1. The number of aromatic nitrogens is 1. The summed E-state index contributed by atoms with van der Waals surface area (Å²) in [5.41, 5.74) is 3.35. The Bertz CT molecular complexity index is 1030. The zero-order valence-corrected chi connectivity index (χ0v) is 20.6. The van der Waals surface area contributed by atoms with Gasteiger partial charge in [-0.2, -0.15) is 0 Å². The van der Waals surface area contributed by atoms with Gasteiger partial charge >= 0.3 is 0 Å². The smallest absolute Gasteiger partial charge is 0.213 e. The van der Waals surface area contributed by atoms with Gasteiger partial charge in [-0.05, 0) is 79.1 Å². The topological polar surface area (TPSA) is 49.8 Å². The van der Waals surface area contributed by atoms with Crippen LogP contribution in [-0.2, 0) is 6.42 Å². The van der Waals surface area contributed by atoms with E-state index in [-0.39, 0.29) is 0 Å².